The molecule has 96 valence electrons. The number of aromatic nitrogens is 2. The molecule has 1 aromatic heterocycles. The van der Waals surface area contributed by atoms with Crippen molar-refractivity contribution in [2.45, 2.75) is 44.8 Å². The lowest BCUT2D eigenvalue weighted by Crippen LogP contribution is -2.43. The molecule has 0 aliphatic carbocycles. The summed E-state index contributed by atoms with van der Waals surface area (Å²) >= 11 is 1.34. The third-order valence-electron chi connectivity index (χ3n) is 3.16. The fourth-order valence-corrected chi connectivity index (χ4v) is 2.48. The molecule has 2 heterocycles. The van der Waals surface area contributed by atoms with Crippen LogP contribution < -0.4 is 5.32 Å². The fraction of sp³-hybridized carbons (Fsp3) is 0.818. The highest BCUT2D eigenvalue weighted by Gasteiger charge is 2.39. The summed E-state index contributed by atoms with van der Waals surface area (Å²) in [5, 5.41) is 14.2. The minimum atomic E-state index is -0.788. The second kappa shape index (κ2) is 4.88. The molecule has 2 unspecified atom stereocenters. The lowest BCUT2D eigenvalue weighted by molar-refractivity contribution is -0.0175. The monoisotopic (exact) mass is 257 g/mol. The molecular formula is C11H19N3O2S. The molecule has 1 aliphatic heterocycles. The summed E-state index contributed by atoms with van der Waals surface area (Å²) in [4.78, 5) is 4.37. The highest BCUT2D eigenvalue weighted by atomic mass is 32.1. The number of hydrogen-bond donors (Lipinski definition) is 2. The molecule has 1 fully saturated rings. The average Bonchev–Trinajstić information content (AvgIpc) is 2.85. The summed E-state index contributed by atoms with van der Waals surface area (Å²) in [6.07, 6.45) is 0.532. The van der Waals surface area contributed by atoms with Crippen LogP contribution in [0.15, 0.2) is 0 Å². The van der Waals surface area contributed by atoms with Gasteiger partial charge >= 0.3 is 0 Å². The van der Waals surface area contributed by atoms with Gasteiger partial charge in [0.05, 0.1) is 6.10 Å². The average molecular weight is 257 g/mol. The molecule has 1 aliphatic rings. The van der Waals surface area contributed by atoms with E-state index in [9.17, 15) is 5.11 Å². The van der Waals surface area contributed by atoms with Crippen LogP contribution in [0.2, 0.25) is 0 Å². The summed E-state index contributed by atoms with van der Waals surface area (Å²) in [7, 11) is 0. The van der Waals surface area contributed by atoms with Crippen LogP contribution in [0, 0.1) is 0 Å². The first-order valence-electron chi connectivity index (χ1n) is 5.93. The topological polar surface area (TPSA) is 67.3 Å². The van der Waals surface area contributed by atoms with Crippen molar-refractivity contribution in [3.8, 4) is 0 Å². The minimum absolute atomic E-state index is 0.132. The Labute approximate surface area is 105 Å². The first-order valence-corrected chi connectivity index (χ1v) is 6.70. The van der Waals surface area contributed by atoms with Crippen molar-refractivity contribution < 1.29 is 9.84 Å². The fourth-order valence-electron chi connectivity index (χ4n) is 1.77. The molecule has 0 aromatic carbocycles. The summed E-state index contributed by atoms with van der Waals surface area (Å²) < 4.78 is 9.64. The SMILES string of the molecule is CC(C)c1nsc(NCC2(O)CCOC2C)n1. The molecule has 1 aromatic rings. The van der Waals surface area contributed by atoms with Crippen LogP contribution >= 0.6 is 11.5 Å². The summed E-state index contributed by atoms with van der Waals surface area (Å²) in [6, 6.07) is 0. The third kappa shape index (κ3) is 2.75. The van der Waals surface area contributed by atoms with E-state index in [4.69, 9.17) is 4.74 Å². The Morgan fingerprint density at radius 2 is 2.41 bits per heavy atom. The van der Waals surface area contributed by atoms with Gasteiger partial charge in [-0.1, -0.05) is 13.8 Å². The Bertz CT molecular complexity index is 383. The van der Waals surface area contributed by atoms with Gasteiger partial charge in [0, 0.05) is 37.0 Å². The molecule has 2 N–H and O–H groups in total. The van der Waals surface area contributed by atoms with Crippen LogP contribution in [0.25, 0.3) is 0 Å². The van der Waals surface area contributed by atoms with Crippen LogP contribution in [0.1, 0.15) is 38.9 Å². The molecule has 2 rings (SSSR count). The van der Waals surface area contributed by atoms with Crippen molar-refractivity contribution in [1.29, 1.82) is 0 Å². The van der Waals surface area contributed by atoms with Gasteiger partial charge in [-0.3, -0.25) is 0 Å². The summed E-state index contributed by atoms with van der Waals surface area (Å²) in [6.45, 7) is 7.10. The number of anilines is 1. The molecule has 6 heteroatoms. The standard InChI is InChI=1S/C11H19N3O2S/c1-7(2)9-13-10(17-14-9)12-6-11(15)4-5-16-8(11)3/h7-8,15H,4-6H2,1-3H3,(H,12,13,14). The molecule has 0 amide bonds. The number of nitrogens with one attached hydrogen (secondary N) is 1. The van der Waals surface area contributed by atoms with E-state index in [0.29, 0.717) is 25.5 Å². The number of aliphatic hydroxyl groups is 1. The van der Waals surface area contributed by atoms with Gasteiger partial charge in [-0.15, -0.1) is 0 Å². The Balaban J connectivity index is 1.93. The van der Waals surface area contributed by atoms with E-state index in [0.717, 1.165) is 11.0 Å². The van der Waals surface area contributed by atoms with E-state index in [1.165, 1.54) is 11.5 Å². The van der Waals surface area contributed by atoms with E-state index in [1.807, 2.05) is 6.92 Å². The van der Waals surface area contributed by atoms with Crippen molar-refractivity contribution in [2.24, 2.45) is 0 Å². The molecule has 0 bridgehead atoms. The summed E-state index contributed by atoms with van der Waals surface area (Å²) in [5.74, 6) is 1.18. The maximum atomic E-state index is 10.3. The molecule has 17 heavy (non-hydrogen) atoms. The smallest absolute Gasteiger partial charge is 0.202 e. The van der Waals surface area contributed by atoms with Gasteiger partial charge in [0.15, 0.2) is 0 Å². The number of ether oxygens (including phenoxy) is 1. The maximum Gasteiger partial charge on any atom is 0.202 e. The van der Waals surface area contributed by atoms with Crippen LogP contribution in [-0.4, -0.2) is 39.3 Å². The first-order chi connectivity index (χ1) is 8.01. The van der Waals surface area contributed by atoms with Crippen molar-refractivity contribution in [2.75, 3.05) is 18.5 Å². The normalized spacial score (nSPS) is 28.9. The van der Waals surface area contributed by atoms with Gasteiger partial charge in [0.1, 0.15) is 11.4 Å². The van der Waals surface area contributed by atoms with Gasteiger partial charge in [0.25, 0.3) is 0 Å². The number of rotatable bonds is 4. The largest absolute Gasteiger partial charge is 0.385 e. The van der Waals surface area contributed by atoms with Gasteiger partial charge in [0.2, 0.25) is 5.13 Å². The van der Waals surface area contributed by atoms with E-state index < -0.39 is 5.60 Å². The predicted octanol–water partition coefficient (Wildman–Crippen LogP) is 1.61. The molecule has 0 spiro atoms. The van der Waals surface area contributed by atoms with Crippen LogP contribution in [-0.2, 0) is 4.74 Å². The van der Waals surface area contributed by atoms with Gasteiger partial charge in [-0.05, 0) is 6.92 Å². The molecule has 1 saturated heterocycles. The van der Waals surface area contributed by atoms with E-state index >= 15 is 0 Å². The maximum absolute atomic E-state index is 10.3. The minimum Gasteiger partial charge on any atom is -0.385 e. The lowest BCUT2D eigenvalue weighted by atomic mass is 9.97. The zero-order valence-electron chi connectivity index (χ0n) is 10.4. The molecule has 5 nitrogen and oxygen atoms in total. The molecule has 2 atom stereocenters. The second-order valence-electron chi connectivity index (χ2n) is 4.83. The van der Waals surface area contributed by atoms with E-state index in [2.05, 4.69) is 28.5 Å². The predicted molar refractivity (Wildman–Crippen MR) is 67.5 cm³/mol. The van der Waals surface area contributed by atoms with Crippen molar-refractivity contribution in [1.82, 2.24) is 9.36 Å². The van der Waals surface area contributed by atoms with Gasteiger partial charge in [-0.25, -0.2) is 4.98 Å². The number of hydrogen-bond acceptors (Lipinski definition) is 6. The van der Waals surface area contributed by atoms with Crippen molar-refractivity contribution in [3.63, 3.8) is 0 Å². The highest BCUT2D eigenvalue weighted by molar-refractivity contribution is 7.09. The first kappa shape index (κ1) is 12.7. The molecule has 0 saturated carbocycles. The Morgan fingerprint density at radius 1 is 1.65 bits per heavy atom. The zero-order valence-corrected chi connectivity index (χ0v) is 11.3. The van der Waals surface area contributed by atoms with Crippen LogP contribution in [0.5, 0.6) is 0 Å². The van der Waals surface area contributed by atoms with Crippen LogP contribution in [0.3, 0.4) is 0 Å². The van der Waals surface area contributed by atoms with Crippen molar-refractivity contribution >= 4 is 16.7 Å². The number of nitrogens with zero attached hydrogens (tertiary/aromatic N) is 2. The third-order valence-corrected chi connectivity index (χ3v) is 3.85. The molecular weight excluding hydrogens is 238 g/mol. The highest BCUT2D eigenvalue weighted by Crippen LogP contribution is 2.26. The Hall–Kier alpha value is -0.720. The quantitative estimate of drug-likeness (QED) is 0.858. The van der Waals surface area contributed by atoms with Crippen molar-refractivity contribution in [3.05, 3.63) is 5.82 Å². The lowest BCUT2D eigenvalue weighted by Gasteiger charge is -2.25. The van der Waals surface area contributed by atoms with E-state index in [-0.39, 0.29) is 6.10 Å². The Morgan fingerprint density at radius 3 is 2.94 bits per heavy atom. The van der Waals surface area contributed by atoms with Gasteiger partial charge < -0.3 is 15.2 Å². The molecule has 0 radical (unpaired) electrons. The summed E-state index contributed by atoms with van der Waals surface area (Å²) in [5.41, 5.74) is -0.788. The second-order valence-corrected chi connectivity index (χ2v) is 5.58. The zero-order chi connectivity index (χ0) is 12.5. The van der Waals surface area contributed by atoms with Gasteiger partial charge in [-0.2, -0.15) is 4.37 Å². The Kier molecular flexibility index (Phi) is 3.65. The van der Waals surface area contributed by atoms with E-state index in [1.54, 1.807) is 0 Å². The van der Waals surface area contributed by atoms with Crippen LogP contribution in [0.4, 0.5) is 5.13 Å².